The number of piperidine rings is 1. The van der Waals surface area contributed by atoms with Crippen molar-refractivity contribution in [2.24, 2.45) is 11.8 Å². The molecule has 0 bridgehead atoms. The standard InChI is InChI=1S/C12H25N3O2S/c1-10(12-5-6-12)14-18(16,17)15-7-3-4-11(9-15)8-13-2/h10-14H,3-9H2,1-2H3. The van der Waals surface area contributed by atoms with Gasteiger partial charge in [0.15, 0.2) is 0 Å². The second-order valence-corrected chi connectivity index (χ2v) is 7.38. The predicted octanol–water partition coefficient (Wildman–Crippen LogP) is 0.551. The summed E-state index contributed by atoms with van der Waals surface area (Å²) >= 11 is 0. The molecule has 2 rings (SSSR count). The van der Waals surface area contributed by atoms with Gasteiger partial charge in [0.2, 0.25) is 0 Å². The molecule has 0 radical (unpaired) electrons. The van der Waals surface area contributed by atoms with E-state index in [9.17, 15) is 8.42 Å². The van der Waals surface area contributed by atoms with E-state index in [1.165, 1.54) is 0 Å². The molecule has 2 unspecified atom stereocenters. The fourth-order valence-electron chi connectivity index (χ4n) is 2.70. The lowest BCUT2D eigenvalue weighted by Crippen LogP contribution is -2.49. The van der Waals surface area contributed by atoms with Crippen LogP contribution in [-0.4, -0.2) is 45.4 Å². The lowest BCUT2D eigenvalue weighted by Gasteiger charge is -2.32. The number of hydrogen-bond acceptors (Lipinski definition) is 3. The second-order valence-electron chi connectivity index (χ2n) is 5.67. The molecule has 2 fully saturated rings. The Balaban J connectivity index is 1.91. The number of rotatable bonds is 6. The molecule has 0 amide bonds. The summed E-state index contributed by atoms with van der Waals surface area (Å²) in [7, 11) is -1.37. The van der Waals surface area contributed by atoms with Gasteiger partial charge in [-0.05, 0) is 58.0 Å². The topological polar surface area (TPSA) is 61.4 Å². The molecule has 1 aliphatic heterocycles. The van der Waals surface area contributed by atoms with Gasteiger partial charge in [-0.25, -0.2) is 0 Å². The highest BCUT2D eigenvalue weighted by Gasteiger charge is 2.34. The number of hydrogen-bond donors (Lipinski definition) is 2. The maximum absolute atomic E-state index is 12.3. The van der Waals surface area contributed by atoms with Gasteiger partial charge in [0.25, 0.3) is 10.2 Å². The van der Waals surface area contributed by atoms with Crippen molar-refractivity contribution in [1.29, 1.82) is 0 Å². The molecule has 0 aromatic carbocycles. The highest BCUT2D eigenvalue weighted by molar-refractivity contribution is 7.87. The Bertz CT molecular complexity index is 366. The van der Waals surface area contributed by atoms with E-state index >= 15 is 0 Å². The van der Waals surface area contributed by atoms with Crippen LogP contribution in [0.2, 0.25) is 0 Å². The van der Waals surface area contributed by atoms with Crippen molar-refractivity contribution in [3.8, 4) is 0 Å². The van der Waals surface area contributed by atoms with Crippen LogP contribution in [0.15, 0.2) is 0 Å². The Morgan fingerprint density at radius 2 is 2.06 bits per heavy atom. The Kier molecular flexibility index (Phi) is 4.64. The lowest BCUT2D eigenvalue weighted by molar-refractivity contribution is 0.259. The van der Waals surface area contributed by atoms with E-state index in [0.717, 1.165) is 32.2 Å². The van der Waals surface area contributed by atoms with Gasteiger partial charge < -0.3 is 5.32 Å². The average Bonchev–Trinajstić information content (AvgIpc) is 3.13. The third-order valence-electron chi connectivity index (χ3n) is 3.98. The summed E-state index contributed by atoms with van der Waals surface area (Å²) in [6.07, 6.45) is 4.40. The van der Waals surface area contributed by atoms with E-state index in [4.69, 9.17) is 0 Å². The molecule has 106 valence electrons. The largest absolute Gasteiger partial charge is 0.319 e. The maximum atomic E-state index is 12.3. The van der Waals surface area contributed by atoms with Gasteiger partial charge in [0, 0.05) is 19.1 Å². The van der Waals surface area contributed by atoms with Crippen molar-refractivity contribution in [2.45, 2.75) is 38.6 Å². The third kappa shape index (κ3) is 3.66. The van der Waals surface area contributed by atoms with E-state index in [2.05, 4.69) is 10.0 Å². The van der Waals surface area contributed by atoms with Crippen molar-refractivity contribution in [1.82, 2.24) is 14.3 Å². The minimum absolute atomic E-state index is 0.0830. The molecule has 2 atom stereocenters. The van der Waals surface area contributed by atoms with Crippen LogP contribution in [0.3, 0.4) is 0 Å². The van der Waals surface area contributed by atoms with Crippen LogP contribution < -0.4 is 10.0 Å². The molecule has 1 saturated heterocycles. The van der Waals surface area contributed by atoms with E-state index in [0.29, 0.717) is 24.9 Å². The van der Waals surface area contributed by atoms with Crippen molar-refractivity contribution >= 4 is 10.2 Å². The molecule has 0 spiro atoms. The SMILES string of the molecule is CNCC1CCCN(S(=O)(=O)NC(C)C2CC2)C1. The van der Waals surface area contributed by atoms with E-state index in [1.54, 1.807) is 4.31 Å². The van der Waals surface area contributed by atoms with Gasteiger partial charge in [-0.1, -0.05) is 0 Å². The molecular formula is C12H25N3O2S. The number of nitrogens with zero attached hydrogens (tertiary/aromatic N) is 1. The van der Waals surface area contributed by atoms with Crippen LogP contribution in [0.25, 0.3) is 0 Å². The minimum atomic E-state index is -3.28. The van der Waals surface area contributed by atoms with Gasteiger partial charge in [-0.3, -0.25) is 0 Å². The summed E-state index contributed by atoms with van der Waals surface area (Å²) < 4.78 is 29.0. The first-order valence-electron chi connectivity index (χ1n) is 6.95. The third-order valence-corrected chi connectivity index (χ3v) is 5.66. The zero-order valence-electron chi connectivity index (χ0n) is 11.4. The zero-order valence-corrected chi connectivity index (χ0v) is 12.2. The van der Waals surface area contributed by atoms with Crippen LogP contribution in [0.5, 0.6) is 0 Å². The highest BCUT2D eigenvalue weighted by atomic mass is 32.2. The second kappa shape index (κ2) is 5.86. The Morgan fingerprint density at radius 1 is 1.33 bits per heavy atom. The van der Waals surface area contributed by atoms with Gasteiger partial charge >= 0.3 is 0 Å². The van der Waals surface area contributed by atoms with Gasteiger partial charge in [-0.15, -0.1) is 0 Å². The quantitative estimate of drug-likeness (QED) is 0.744. The minimum Gasteiger partial charge on any atom is -0.319 e. The molecular weight excluding hydrogens is 250 g/mol. The molecule has 18 heavy (non-hydrogen) atoms. The van der Waals surface area contributed by atoms with Crippen LogP contribution in [0.4, 0.5) is 0 Å². The molecule has 2 N–H and O–H groups in total. The lowest BCUT2D eigenvalue weighted by atomic mass is 10.00. The smallest absolute Gasteiger partial charge is 0.279 e. The summed E-state index contributed by atoms with van der Waals surface area (Å²) in [5.74, 6) is 0.995. The summed E-state index contributed by atoms with van der Waals surface area (Å²) in [5.41, 5.74) is 0. The summed E-state index contributed by atoms with van der Waals surface area (Å²) in [5, 5.41) is 3.14. The van der Waals surface area contributed by atoms with Crippen molar-refractivity contribution in [2.75, 3.05) is 26.7 Å². The number of nitrogens with one attached hydrogen (secondary N) is 2. The van der Waals surface area contributed by atoms with Crippen LogP contribution >= 0.6 is 0 Å². The fraction of sp³-hybridized carbons (Fsp3) is 1.00. The molecule has 1 saturated carbocycles. The predicted molar refractivity (Wildman–Crippen MR) is 72.5 cm³/mol. The molecule has 0 aromatic heterocycles. The molecule has 5 nitrogen and oxygen atoms in total. The molecule has 1 heterocycles. The Morgan fingerprint density at radius 3 is 2.67 bits per heavy atom. The van der Waals surface area contributed by atoms with Gasteiger partial charge in [0.05, 0.1) is 0 Å². The van der Waals surface area contributed by atoms with E-state index in [1.807, 2.05) is 14.0 Å². The fourth-order valence-corrected chi connectivity index (χ4v) is 4.29. The summed E-state index contributed by atoms with van der Waals surface area (Å²) in [6.45, 7) is 4.18. The van der Waals surface area contributed by atoms with Crippen molar-refractivity contribution in [3.05, 3.63) is 0 Å². The van der Waals surface area contributed by atoms with Crippen LogP contribution in [0, 0.1) is 11.8 Å². The maximum Gasteiger partial charge on any atom is 0.279 e. The summed E-state index contributed by atoms with van der Waals surface area (Å²) in [6, 6.07) is 0.0830. The van der Waals surface area contributed by atoms with E-state index < -0.39 is 10.2 Å². The molecule has 6 heteroatoms. The van der Waals surface area contributed by atoms with Crippen molar-refractivity contribution in [3.63, 3.8) is 0 Å². The summed E-state index contributed by atoms with van der Waals surface area (Å²) in [4.78, 5) is 0. The first-order chi connectivity index (χ1) is 8.53. The van der Waals surface area contributed by atoms with Crippen LogP contribution in [-0.2, 0) is 10.2 Å². The Hall–Kier alpha value is -0.170. The first kappa shape index (κ1) is 14.2. The first-order valence-corrected chi connectivity index (χ1v) is 8.39. The normalized spacial score (nSPS) is 28.2. The average molecular weight is 275 g/mol. The molecule has 0 aromatic rings. The highest BCUT2D eigenvalue weighted by Crippen LogP contribution is 2.33. The van der Waals surface area contributed by atoms with Gasteiger partial charge in [0.1, 0.15) is 0 Å². The monoisotopic (exact) mass is 275 g/mol. The molecule has 2 aliphatic rings. The van der Waals surface area contributed by atoms with Gasteiger partial charge in [-0.2, -0.15) is 17.4 Å². The molecule has 1 aliphatic carbocycles. The Labute approximate surface area is 110 Å². The zero-order chi connectivity index (χ0) is 13.2. The van der Waals surface area contributed by atoms with E-state index in [-0.39, 0.29) is 6.04 Å². The van der Waals surface area contributed by atoms with Crippen LogP contribution in [0.1, 0.15) is 32.6 Å². The van der Waals surface area contributed by atoms with Crippen molar-refractivity contribution < 1.29 is 8.42 Å².